The Morgan fingerprint density at radius 1 is 1.15 bits per heavy atom. The number of carbonyl (C=O) groups excluding carboxylic acids is 2. The van der Waals surface area contributed by atoms with Crippen LogP contribution in [0.15, 0.2) is 30.3 Å². The van der Waals surface area contributed by atoms with Gasteiger partial charge in [-0.05, 0) is 31.2 Å². The molecule has 7 nitrogen and oxygen atoms in total. The summed E-state index contributed by atoms with van der Waals surface area (Å²) < 4.78 is 67.4. The van der Waals surface area contributed by atoms with Crippen LogP contribution in [0.5, 0.6) is 0 Å². The zero-order valence-electron chi connectivity index (χ0n) is 21.0. The van der Waals surface area contributed by atoms with E-state index in [-0.39, 0.29) is 43.2 Å². The Balaban J connectivity index is 1.72. The smallest absolute Gasteiger partial charge is 0.367 e. The number of hydrogen-bond acceptors (Lipinski definition) is 5. The summed E-state index contributed by atoms with van der Waals surface area (Å²) in [6, 6.07) is 8.48. The molecule has 1 saturated heterocycles. The zero-order valence-corrected chi connectivity index (χ0v) is 21.8. The number of nitrogens with one attached hydrogen (secondary N) is 2. The molecule has 0 radical (unpaired) electrons. The maximum atomic E-state index is 14.8. The van der Waals surface area contributed by atoms with Gasteiger partial charge in [0.1, 0.15) is 0 Å². The summed E-state index contributed by atoms with van der Waals surface area (Å²) in [5, 5.41) is 13.8. The number of piperazine rings is 1. The normalized spacial score (nSPS) is 16.1. The van der Waals surface area contributed by atoms with Crippen LogP contribution in [0.3, 0.4) is 0 Å². The molecule has 2 N–H and O–H groups in total. The van der Waals surface area contributed by atoms with Crippen LogP contribution in [0, 0.1) is 23.0 Å². The van der Waals surface area contributed by atoms with Crippen LogP contribution in [0.25, 0.3) is 0 Å². The second kappa shape index (κ2) is 13.1. The van der Waals surface area contributed by atoms with Gasteiger partial charge in [-0.2, -0.15) is 18.4 Å². The number of nitrogens with zero attached hydrogens (tertiary/aromatic N) is 3. The van der Waals surface area contributed by atoms with Crippen LogP contribution >= 0.6 is 11.6 Å². The van der Waals surface area contributed by atoms with Crippen molar-refractivity contribution in [1.82, 2.24) is 10.2 Å². The number of anilines is 2. The number of alkyl halides is 3. The van der Waals surface area contributed by atoms with Gasteiger partial charge in [-0.15, -0.1) is 0 Å². The number of hydrogen-bond donors (Lipinski definition) is 2. The SMILES string of the molecule is C[C@@H]1CN(c2cc(Cl)ccc2NC(=O)c2ccc(CNC(=O)CCC#N)c(F)c2F)CCN1CCC(F)(F)F. The van der Waals surface area contributed by atoms with E-state index < -0.39 is 41.6 Å². The van der Waals surface area contributed by atoms with E-state index in [4.69, 9.17) is 16.9 Å². The Bertz CT molecular complexity index is 1250. The highest BCUT2D eigenvalue weighted by Gasteiger charge is 2.31. The molecule has 1 fully saturated rings. The summed E-state index contributed by atoms with van der Waals surface area (Å²) in [6.07, 6.45) is -5.25. The minimum atomic E-state index is -4.25. The molecule has 210 valence electrons. The number of carbonyl (C=O) groups is 2. The van der Waals surface area contributed by atoms with Crippen molar-refractivity contribution in [2.75, 3.05) is 36.4 Å². The van der Waals surface area contributed by atoms with Crippen molar-refractivity contribution in [2.45, 2.75) is 44.9 Å². The number of benzene rings is 2. The lowest BCUT2D eigenvalue weighted by Crippen LogP contribution is -2.52. The topological polar surface area (TPSA) is 88.5 Å². The average Bonchev–Trinajstić information content (AvgIpc) is 2.88. The number of amides is 2. The first-order valence-corrected chi connectivity index (χ1v) is 12.5. The van der Waals surface area contributed by atoms with Crippen molar-refractivity contribution in [3.63, 3.8) is 0 Å². The fraction of sp³-hybridized carbons (Fsp3) is 0.423. The highest BCUT2D eigenvalue weighted by molar-refractivity contribution is 6.31. The predicted molar refractivity (Wildman–Crippen MR) is 136 cm³/mol. The van der Waals surface area contributed by atoms with Crippen LogP contribution in [-0.4, -0.2) is 55.1 Å². The van der Waals surface area contributed by atoms with Crippen LogP contribution < -0.4 is 15.5 Å². The molecule has 1 aliphatic heterocycles. The summed E-state index contributed by atoms with van der Waals surface area (Å²) in [6.45, 7) is 2.44. The van der Waals surface area contributed by atoms with E-state index in [9.17, 15) is 31.5 Å². The first-order chi connectivity index (χ1) is 18.4. The van der Waals surface area contributed by atoms with Gasteiger partial charge in [0.15, 0.2) is 11.6 Å². The van der Waals surface area contributed by atoms with Crippen molar-refractivity contribution in [3.05, 3.63) is 58.1 Å². The van der Waals surface area contributed by atoms with Crippen molar-refractivity contribution >= 4 is 34.8 Å². The fourth-order valence-electron chi connectivity index (χ4n) is 4.23. The molecule has 0 bridgehead atoms. The van der Waals surface area contributed by atoms with E-state index in [0.29, 0.717) is 30.3 Å². The lowest BCUT2D eigenvalue weighted by molar-refractivity contribution is -0.139. The second-order valence-corrected chi connectivity index (χ2v) is 9.58. The number of rotatable bonds is 9. The maximum absolute atomic E-state index is 14.8. The third-order valence-electron chi connectivity index (χ3n) is 6.34. The van der Waals surface area contributed by atoms with Gasteiger partial charge in [0.25, 0.3) is 5.91 Å². The molecular weight excluding hydrogens is 545 g/mol. The Morgan fingerprint density at radius 2 is 1.90 bits per heavy atom. The average molecular weight is 572 g/mol. The van der Waals surface area contributed by atoms with Crippen molar-refractivity contribution in [1.29, 1.82) is 5.26 Å². The molecule has 0 spiro atoms. The highest BCUT2D eigenvalue weighted by atomic mass is 35.5. The fourth-order valence-corrected chi connectivity index (χ4v) is 4.40. The van der Waals surface area contributed by atoms with Gasteiger partial charge < -0.3 is 15.5 Å². The molecule has 13 heteroatoms. The molecule has 1 atom stereocenters. The summed E-state index contributed by atoms with van der Waals surface area (Å²) >= 11 is 6.17. The number of halogens is 6. The molecule has 2 aromatic carbocycles. The standard InChI is InChI=1S/C26H27ClF5N5O2/c1-16-15-37(12-11-36(16)10-8-26(30,31)32)21-13-18(27)5-7-20(21)35-25(39)19-6-4-17(23(28)24(19)29)14-34-22(38)3-2-9-33/h4-7,13,16H,2-3,8,10-12,14-15H2,1H3,(H,34,38)(H,35,39)/t16-/m1/s1. The zero-order chi connectivity index (χ0) is 28.7. The Kier molecular flexibility index (Phi) is 10.1. The Labute approximate surface area is 227 Å². The summed E-state index contributed by atoms with van der Waals surface area (Å²) in [4.78, 5) is 28.2. The van der Waals surface area contributed by atoms with Gasteiger partial charge in [0.2, 0.25) is 5.91 Å². The molecule has 3 rings (SSSR count). The molecule has 2 aromatic rings. The van der Waals surface area contributed by atoms with E-state index in [1.54, 1.807) is 17.9 Å². The minimum Gasteiger partial charge on any atom is -0.367 e. The van der Waals surface area contributed by atoms with E-state index in [2.05, 4.69) is 10.6 Å². The quantitative estimate of drug-likeness (QED) is 0.401. The highest BCUT2D eigenvalue weighted by Crippen LogP contribution is 2.32. The molecule has 0 aromatic heterocycles. The maximum Gasteiger partial charge on any atom is 0.390 e. The van der Waals surface area contributed by atoms with E-state index >= 15 is 0 Å². The van der Waals surface area contributed by atoms with Gasteiger partial charge in [-0.1, -0.05) is 17.7 Å². The summed E-state index contributed by atoms with van der Waals surface area (Å²) in [5.41, 5.74) is 0.0435. The first kappa shape index (κ1) is 30.1. The van der Waals surface area contributed by atoms with Gasteiger partial charge in [0, 0.05) is 62.2 Å². The van der Waals surface area contributed by atoms with Gasteiger partial charge >= 0.3 is 6.18 Å². The van der Waals surface area contributed by atoms with Gasteiger partial charge in [0.05, 0.1) is 29.4 Å². The van der Waals surface area contributed by atoms with E-state index in [0.717, 1.165) is 6.07 Å². The van der Waals surface area contributed by atoms with Gasteiger partial charge in [-0.3, -0.25) is 14.5 Å². The predicted octanol–water partition coefficient (Wildman–Crippen LogP) is 5.25. The molecule has 0 saturated carbocycles. The van der Waals surface area contributed by atoms with Crippen LogP contribution in [-0.2, 0) is 11.3 Å². The lowest BCUT2D eigenvalue weighted by Gasteiger charge is -2.41. The van der Waals surface area contributed by atoms with Crippen molar-refractivity contribution in [2.24, 2.45) is 0 Å². The van der Waals surface area contributed by atoms with Gasteiger partial charge in [-0.25, -0.2) is 8.78 Å². The van der Waals surface area contributed by atoms with Crippen molar-refractivity contribution in [3.8, 4) is 6.07 Å². The Hall–Kier alpha value is -3.43. The lowest BCUT2D eigenvalue weighted by atomic mass is 10.1. The van der Waals surface area contributed by atoms with Crippen LogP contribution in [0.4, 0.5) is 33.3 Å². The molecular formula is C26H27ClF5N5O2. The molecule has 1 aliphatic rings. The van der Waals surface area contributed by atoms with E-state index in [1.807, 2.05) is 11.0 Å². The second-order valence-electron chi connectivity index (χ2n) is 9.15. The number of nitriles is 1. The largest absolute Gasteiger partial charge is 0.390 e. The van der Waals surface area contributed by atoms with Crippen LogP contribution in [0.1, 0.15) is 42.1 Å². The third kappa shape index (κ3) is 8.28. The summed E-state index contributed by atoms with van der Waals surface area (Å²) in [5.74, 6) is -4.09. The monoisotopic (exact) mass is 571 g/mol. The van der Waals surface area contributed by atoms with Crippen LogP contribution in [0.2, 0.25) is 5.02 Å². The molecule has 39 heavy (non-hydrogen) atoms. The van der Waals surface area contributed by atoms with E-state index in [1.165, 1.54) is 18.2 Å². The minimum absolute atomic E-state index is 0.0128. The van der Waals surface area contributed by atoms with Crippen molar-refractivity contribution < 1.29 is 31.5 Å². The molecule has 0 aliphatic carbocycles. The molecule has 0 unspecified atom stereocenters. The first-order valence-electron chi connectivity index (χ1n) is 12.2. The molecule has 1 heterocycles. The third-order valence-corrected chi connectivity index (χ3v) is 6.58. The summed E-state index contributed by atoms with van der Waals surface area (Å²) in [7, 11) is 0. The molecule has 2 amide bonds. The Morgan fingerprint density at radius 3 is 2.56 bits per heavy atom.